The Bertz CT molecular complexity index is 732. The predicted molar refractivity (Wildman–Crippen MR) is 229 cm³/mol. The van der Waals surface area contributed by atoms with Gasteiger partial charge in [-0.3, -0.25) is 0 Å². The molecule has 0 aromatic rings. The van der Waals surface area contributed by atoms with Crippen LogP contribution in [0.3, 0.4) is 0 Å². The minimum Gasteiger partial charge on any atom is -0.463 e. The predicted octanol–water partition coefficient (Wildman–Crippen LogP) is 16.3. The number of ether oxygens (including phenoxy) is 2. The third kappa shape index (κ3) is 48.4. The summed E-state index contributed by atoms with van der Waals surface area (Å²) in [5.41, 5.74) is 0. The van der Waals surface area contributed by atoms with E-state index in [-0.39, 0.29) is 18.0 Å². The summed E-state index contributed by atoms with van der Waals surface area (Å²) in [4.78, 5) is 21.9. The fourth-order valence-electron chi connectivity index (χ4n) is 6.87. The number of rotatable bonds is 41. The third-order valence-electron chi connectivity index (χ3n) is 10.4. The average molecular weight is 733 g/mol. The van der Waals surface area contributed by atoms with E-state index in [1.165, 1.54) is 230 Å². The number of unbranched alkanes of at least 4 members (excludes halogenated alkanes) is 34. The van der Waals surface area contributed by atoms with Crippen LogP contribution in [-0.4, -0.2) is 24.6 Å². The smallest absolute Gasteiger partial charge is 0.330 e. The highest BCUT2D eigenvalue weighted by atomic mass is 16.5. The van der Waals surface area contributed by atoms with Gasteiger partial charge in [0.15, 0.2) is 0 Å². The van der Waals surface area contributed by atoms with Gasteiger partial charge >= 0.3 is 11.9 Å². The molecule has 308 valence electrons. The molecule has 0 aliphatic heterocycles. The molecule has 0 aliphatic rings. The van der Waals surface area contributed by atoms with Crippen molar-refractivity contribution in [3.05, 3.63) is 25.3 Å². The van der Waals surface area contributed by atoms with Gasteiger partial charge in [0, 0.05) is 12.2 Å². The highest BCUT2D eigenvalue weighted by Gasteiger charge is 2.05. The first kappa shape index (κ1) is 52.5. The molecule has 0 spiro atoms. The van der Waals surface area contributed by atoms with Crippen LogP contribution in [0.25, 0.3) is 0 Å². The highest BCUT2D eigenvalue weighted by molar-refractivity contribution is 5.81. The first-order valence-corrected chi connectivity index (χ1v) is 23.1. The molecule has 1 atom stereocenters. The fourth-order valence-corrected chi connectivity index (χ4v) is 6.87. The largest absolute Gasteiger partial charge is 0.463 e. The molecule has 0 N–H and O–H groups in total. The zero-order valence-electron chi connectivity index (χ0n) is 35.6. The van der Waals surface area contributed by atoms with Crippen molar-refractivity contribution in [3.8, 4) is 0 Å². The summed E-state index contributed by atoms with van der Waals surface area (Å²) >= 11 is 0. The Hall–Kier alpha value is -1.58. The Balaban J connectivity index is 0. The maximum atomic E-state index is 11.1. The SMILES string of the molecule is C=CC(=O)OC(C)CCCCCCCCCCCCCCCCCC.C=CC(=O)OCCCCCCCCCCCCCCCCCCCCCC. The molecular weight excluding hydrogens is 641 g/mol. The molecular formula is C48H92O4. The lowest BCUT2D eigenvalue weighted by Crippen LogP contribution is -2.12. The third-order valence-corrected chi connectivity index (χ3v) is 10.4. The zero-order valence-corrected chi connectivity index (χ0v) is 35.6. The van der Waals surface area contributed by atoms with Crippen molar-refractivity contribution < 1.29 is 19.1 Å². The monoisotopic (exact) mass is 733 g/mol. The maximum Gasteiger partial charge on any atom is 0.330 e. The molecule has 0 rings (SSSR count). The highest BCUT2D eigenvalue weighted by Crippen LogP contribution is 2.16. The molecule has 0 saturated heterocycles. The van der Waals surface area contributed by atoms with Crippen molar-refractivity contribution in [3.63, 3.8) is 0 Å². The molecule has 4 nitrogen and oxygen atoms in total. The summed E-state index contributed by atoms with van der Waals surface area (Å²) in [5, 5.41) is 0. The van der Waals surface area contributed by atoms with E-state index in [1.807, 2.05) is 6.92 Å². The lowest BCUT2D eigenvalue weighted by molar-refractivity contribution is -0.142. The van der Waals surface area contributed by atoms with Crippen molar-refractivity contribution in [2.24, 2.45) is 0 Å². The summed E-state index contributed by atoms with van der Waals surface area (Å²) in [5.74, 6) is -0.600. The van der Waals surface area contributed by atoms with E-state index in [0.29, 0.717) is 6.61 Å². The van der Waals surface area contributed by atoms with Crippen LogP contribution in [0.15, 0.2) is 25.3 Å². The molecule has 0 aliphatic carbocycles. The first-order valence-electron chi connectivity index (χ1n) is 23.1. The van der Waals surface area contributed by atoms with E-state index in [0.717, 1.165) is 19.3 Å². The second-order valence-electron chi connectivity index (χ2n) is 15.6. The van der Waals surface area contributed by atoms with Gasteiger partial charge in [-0.2, -0.15) is 0 Å². The van der Waals surface area contributed by atoms with Crippen LogP contribution in [0.4, 0.5) is 0 Å². The first-order chi connectivity index (χ1) is 25.5. The number of esters is 2. The molecule has 0 heterocycles. The zero-order chi connectivity index (χ0) is 38.4. The van der Waals surface area contributed by atoms with E-state index in [4.69, 9.17) is 9.47 Å². The maximum absolute atomic E-state index is 11.1. The van der Waals surface area contributed by atoms with Gasteiger partial charge in [-0.15, -0.1) is 0 Å². The Morgan fingerprint density at radius 1 is 0.404 bits per heavy atom. The van der Waals surface area contributed by atoms with E-state index < -0.39 is 0 Å². The summed E-state index contributed by atoms with van der Waals surface area (Å²) < 4.78 is 10.1. The second kappa shape index (κ2) is 47.4. The van der Waals surface area contributed by atoms with Crippen LogP contribution in [0.2, 0.25) is 0 Å². The molecule has 0 bridgehead atoms. The number of carbonyl (C=O) groups excluding carboxylic acids is 2. The summed E-state index contributed by atoms with van der Waals surface area (Å²) in [7, 11) is 0. The summed E-state index contributed by atoms with van der Waals surface area (Å²) in [6.45, 7) is 13.9. The lowest BCUT2D eigenvalue weighted by atomic mass is 10.0. The van der Waals surface area contributed by atoms with Gasteiger partial charge in [0.05, 0.1) is 12.7 Å². The Kier molecular flexibility index (Phi) is 47.9. The van der Waals surface area contributed by atoms with Gasteiger partial charge in [-0.05, 0) is 26.2 Å². The topological polar surface area (TPSA) is 52.6 Å². The second-order valence-corrected chi connectivity index (χ2v) is 15.6. The van der Waals surface area contributed by atoms with Gasteiger partial charge in [-0.25, -0.2) is 9.59 Å². The molecule has 0 fully saturated rings. The van der Waals surface area contributed by atoms with E-state index in [9.17, 15) is 9.59 Å². The van der Waals surface area contributed by atoms with E-state index in [2.05, 4.69) is 27.0 Å². The van der Waals surface area contributed by atoms with Gasteiger partial charge in [-0.1, -0.05) is 245 Å². The van der Waals surface area contributed by atoms with Crippen molar-refractivity contribution in [1.82, 2.24) is 0 Å². The molecule has 0 amide bonds. The number of hydrogen-bond acceptors (Lipinski definition) is 4. The van der Waals surface area contributed by atoms with Gasteiger partial charge < -0.3 is 9.47 Å². The van der Waals surface area contributed by atoms with Gasteiger partial charge in [0.25, 0.3) is 0 Å². The van der Waals surface area contributed by atoms with Gasteiger partial charge in [0.1, 0.15) is 0 Å². The number of carbonyl (C=O) groups is 2. The molecule has 0 aromatic heterocycles. The molecule has 52 heavy (non-hydrogen) atoms. The van der Waals surface area contributed by atoms with Crippen LogP contribution >= 0.6 is 0 Å². The van der Waals surface area contributed by atoms with Crippen molar-refractivity contribution in [1.29, 1.82) is 0 Å². The fraction of sp³-hybridized carbons (Fsp3) is 0.875. The van der Waals surface area contributed by atoms with Crippen LogP contribution in [0.1, 0.15) is 258 Å². The van der Waals surface area contributed by atoms with Crippen LogP contribution in [-0.2, 0) is 19.1 Å². The molecule has 0 saturated carbocycles. The average Bonchev–Trinajstić information content (AvgIpc) is 3.15. The molecule has 0 radical (unpaired) electrons. The van der Waals surface area contributed by atoms with Crippen LogP contribution in [0, 0.1) is 0 Å². The van der Waals surface area contributed by atoms with Crippen molar-refractivity contribution >= 4 is 11.9 Å². The van der Waals surface area contributed by atoms with E-state index in [1.54, 1.807) is 0 Å². The lowest BCUT2D eigenvalue weighted by Gasteiger charge is -2.11. The minimum absolute atomic E-state index is 0.0251. The molecule has 4 heteroatoms. The number of hydrogen-bond donors (Lipinski definition) is 0. The van der Waals surface area contributed by atoms with E-state index >= 15 is 0 Å². The Labute approximate surface area is 326 Å². The van der Waals surface area contributed by atoms with Crippen LogP contribution in [0.5, 0.6) is 0 Å². The normalized spacial score (nSPS) is 11.4. The van der Waals surface area contributed by atoms with Crippen molar-refractivity contribution in [2.75, 3.05) is 6.61 Å². The standard InChI is InChI=1S/C25H48O2.C23H44O2/c1-3-5-6-7-8-9-10-11-12-13-14-15-16-17-18-19-20-21-22-23-24-27-25(26)4-2;1-4-6-7-8-9-10-11-12-13-14-15-16-17-18-19-20-21-22(3)25-23(24)5-2/h4H,2-3,5-24H2,1H3;5,22H,2,4,6-21H2,1,3H3. The van der Waals surface area contributed by atoms with Crippen LogP contribution < -0.4 is 0 Å². The van der Waals surface area contributed by atoms with Crippen molar-refractivity contribution in [2.45, 2.75) is 264 Å². The quantitative estimate of drug-likeness (QED) is 0.0357. The summed E-state index contributed by atoms with van der Waals surface area (Å²) in [6.07, 6.45) is 53.3. The summed E-state index contributed by atoms with van der Waals surface area (Å²) in [6, 6.07) is 0. The Morgan fingerprint density at radius 3 is 0.923 bits per heavy atom. The van der Waals surface area contributed by atoms with Gasteiger partial charge in [0.2, 0.25) is 0 Å². The molecule has 0 aromatic carbocycles. The Morgan fingerprint density at radius 2 is 0.654 bits per heavy atom. The minimum atomic E-state index is -0.302. The molecule has 1 unspecified atom stereocenters.